The fraction of sp³-hybridized carbons (Fsp3) is 0.182. The molecule has 4 nitrogen and oxygen atoms in total. The van der Waals surface area contributed by atoms with Crippen molar-refractivity contribution < 1.29 is 13.2 Å². The second-order valence-electron chi connectivity index (χ2n) is 6.68. The van der Waals surface area contributed by atoms with Crippen LogP contribution in [0.2, 0.25) is 0 Å². The van der Waals surface area contributed by atoms with E-state index in [-0.39, 0.29) is 10.9 Å². The van der Waals surface area contributed by atoms with Crippen molar-refractivity contribution in [3.8, 4) is 0 Å². The van der Waals surface area contributed by atoms with Crippen LogP contribution in [0.25, 0.3) is 10.8 Å². The minimum absolute atomic E-state index is 0.0871. The Labute approximate surface area is 171 Å². The van der Waals surface area contributed by atoms with Gasteiger partial charge in [0.05, 0.1) is 4.90 Å². The number of rotatable bonds is 7. The Morgan fingerprint density at radius 3 is 2.21 bits per heavy atom. The SMILES string of the molecule is [CH2][C@@H](C(=O)c1ccc(C[C@@H](N)CS)c2ccccc12)S(=O)(=O)c1ccccc1. The molecule has 0 bridgehead atoms. The zero-order valence-corrected chi connectivity index (χ0v) is 17.0. The van der Waals surface area contributed by atoms with Crippen LogP contribution in [0.5, 0.6) is 0 Å². The van der Waals surface area contributed by atoms with Crippen molar-refractivity contribution in [2.24, 2.45) is 5.73 Å². The molecule has 6 heteroatoms. The molecule has 0 amide bonds. The van der Waals surface area contributed by atoms with E-state index in [2.05, 4.69) is 19.6 Å². The standard InChI is InChI=1S/C22H22NO3S2/c1-15(28(25,26)18-7-3-2-4-8-18)22(24)21-12-11-16(13-17(23)14-27)19-9-5-6-10-20(19)21/h2-12,15,17,27H,1,13-14,23H2/t15-,17+/m0/s1. The quantitative estimate of drug-likeness (QED) is 0.460. The van der Waals surface area contributed by atoms with Gasteiger partial charge in [-0.15, -0.1) is 0 Å². The summed E-state index contributed by atoms with van der Waals surface area (Å²) in [6.45, 7) is 3.69. The van der Waals surface area contributed by atoms with Crippen molar-refractivity contribution in [2.75, 3.05) is 5.75 Å². The second kappa shape index (κ2) is 8.47. The lowest BCUT2D eigenvalue weighted by atomic mass is 9.93. The highest BCUT2D eigenvalue weighted by Gasteiger charge is 2.31. The molecule has 1 radical (unpaired) electrons. The lowest BCUT2D eigenvalue weighted by molar-refractivity contribution is 0.0999. The first-order chi connectivity index (χ1) is 13.4. The fourth-order valence-electron chi connectivity index (χ4n) is 3.19. The molecule has 2 atom stereocenters. The third-order valence-electron chi connectivity index (χ3n) is 4.74. The highest BCUT2D eigenvalue weighted by atomic mass is 32.2. The number of carbonyl (C=O) groups excluding carboxylic acids is 1. The molecule has 0 aliphatic carbocycles. The Balaban J connectivity index is 2.04. The van der Waals surface area contributed by atoms with E-state index in [1.807, 2.05) is 30.3 Å². The number of ketones is 1. The number of carbonyl (C=O) groups is 1. The number of thiol groups is 1. The number of nitrogens with two attached hydrogens (primary N) is 1. The average Bonchev–Trinajstić information content (AvgIpc) is 2.73. The molecule has 0 saturated heterocycles. The van der Waals surface area contributed by atoms with Gasteiger partial charge in [0.2, 0.25) is 0 Å². The van der Waals surface area contributed by atoms with Crippen molar-refractivity contribution >= 4 is 39.0 Å². The molecule has 0 unspecified atom stereocenters. The Kier molecular flexibility index (Phi) is 6.23. The molecule has 3 aromatic carbocycles. The number of fused-ring (bicyclic) bond motifs is 1. The van der Waals surface area contributed by atoms with Crippen molar-refractivity contribution in [1.82, 2.24) is 0 Å². The van der Waals surface area contributed by atoms with Gasteiger partial charge in [0.1, 0.15) is 5.25 Å². The summed E-state index contributed by atoms with van der Waals surface area (Å²) in [5.74, 6) is 0.0238. The second-order valence-corrected chi connectivity index (χ2v) is 9.17. The summed E-state index contributed by atoms with van der Waals surface area (Å²) < 4.78 is 25.7. The van der Waals surface area contributed by atoms with E-state index >= 15 is 0 Å². The van der Waals surface area contributed by atoms with Crippen LogP contribution in [-0.2, 0) is 16.3 Å². The number of sulfone groups is 1. The Morgan fingerprint density at radius 2 is 1.57 bits per heavy atom. The van der Waals surface area contributed by atoms with Gasteiger partial charge >= 0.3 is 0 Å². The van der Waals surface area contributed by atoms with Crippen LogP contribution >= 0.6 is 12.6 Å². The molecule has 0 aliphatic heterocycles. The summed E-state index contributed by atoms with van der Waals surface area (Å²) in [5.41, 5.74) is 7.38. The van der Waals surface area contributed by atoms with Gasteiger partial charge < -0.3 is 5.73 Å². The monoisotopic (exact) mass is 412 g/mol. The van der Waals surface area contributed by atoms with E-state index < -0.39 is 20.9 Å². The van der Waals surface area contributed by atoms with Crippen LogP contribution < -0.4 is 5.73 Å². The molecule has 3 rings (SSSR count). The number of hydrogen-bond acceptors (Lipinski definition) is 5. The van der Waals surface area contributed by atoms with Gasteiger partial charge in [-0.1, -0.05) is 54.6 Å². The van der Waals surface area contributed by atoms with Gasteiger partial charge in [-0.2, -0.15) is 12.6 Å². The molecule has 0 saturated carbocycles. The summed E-state index contributed by atoms with van der Waals surface area (Å²) in [7, 11) is -3.88. The van der Waals surface area contributed by atoms with Gasteiger partial charge in [0.25, 0.3) is 0 Å². The van der Waals surface area contributed by atoms with E-state index in [1.54, 1.807) is 24.3 Å². The average molecular weight is 413 g/mol. The van der Waals surface area contributed by atoms with Crippen molar-refractivity contribution in [3.05, 3.63) is 84.8 Å². The number of benzene rings is 3. The lowest BCUT2D eigenvalue weighted by Crippen LogP contribution is -2.28. The third kappa shape index (κ3) is 3.99. The van der Waals surface area contributed by atoms with Crippen LogP contribution in [0.1, 0.15) is 15.9 Å². The normalized spacial score (nSPS) is 14.0. The molecule has 0 fully saturated rings. The highest BCUT2D eigenvalue weighted by Crippen LogP contribution is 2.27. The first-order valence-corrected chi connectivity index (χ1v) is 11.1. The fourth-order valence-corrected chi connectivity index (χ4v) is 4.59. The number of hydrogen-bond donors (Lipinski definition) is 2. The molecule has 0 spiro atoms. The Bertz CT molecular complexity index is 1100. The predicted octanol–water partition coefficient (Wildman–Crippen LogP) is 3.50. The minimum atomic E-state index is -3.88. The maximum absolute atomic E-state index is 13.1. The molecule has 2 N–H and O–H groups in total. The zero-order chi connectivity index (χ0) is 20.3. The highest BCUT2D eigenvalue weighted by molar-refractivity contribution is 7.93. The largest absolute Gasteiger partial charge is 0.327 e. The van der Waals surface area contributed by atoms with E-state index in [9.17, 15) is 13.2 Å². The third-order valence-corrected chi connectivity index (χ3v) is 7.10. The number of Topliss-reactive ketones (excluding diaryl/α,β-unsaturated/α-hetero) is 1. The van der Waals surface area contributed by atoms with E-state index in [0.717, 1.165) is 10.9 Å². The Hall–Kier alpha value is -2.15. The molecule has 3 aromatic rings. The molecule has 28 heavy (non-hydrogen) atoms. The van der Waals surface area contributed by atoms with Gasteiger partial charge in [-0.05, 0) is 41.8 Å². The summed E-state index contributed by atoms with van der Waals surface area (Å²) in [5, 5.41) is 0.159. The predicted molar refractivity (Wildman–Crippen MR) is 117 cm³/mol. The van der Waals surface area contributed by atoms with Gasteiger partial charge in [-0.25, -0.2) is 8.42 Å². The van der Waals surface area contributed by atoms with Crippen LogP contribution in [0.3, 0.4) is 0 Å². The van der Waals surface area contributed by atoms with Crippen LogP contribution in [-0.4, -0.2) is 31.2 Å². The first-order valence-electron chi connectivity index (χ1n) is 8.89. The maximum Gasteiger partial charge on any atom is 0.188 e. The van der Waals surface area contributed by atoms with Crippen molar-refractivity contribution in [3.63, 3.8) is 0 Å². The first kappa shape index (κ1) is 20.6. The summed E-state index contributed by atoms with van der Waals surface area (Å²) in [4.78, 5) is 13.2. The van der Waals surface area contributed by atoms with Gasteiger partial charge in [0.15, 0.2) is 15.6 Å². The van der Waals surface area contributed by atoms with Crippen molar-refractivity contribution in [2.45, 2.75) is 22.6 Å². The van der Waals surface area contributed by atoms with E-state index in [4.69, 9.17) is 5.73 Å². The van der Waals surface area contributed by atoms with Crippen LogP contribution in [0, 0.1) is 6.92 Å². The molecule has 0 heterocycles. The van der Waals surface area contributed by atoms with E-state index in [1.165, 1.54) is 12.1 Å². The van der Waals surface area contributed by atoms with Crippen LogP contribution in [0.15, 0.2) is 71.6 Å². The Morgan fingerprint density at radius 1 is 0.964 bits per heavy atom. The van der Waals surface area contributed by atoms with Gasteiger partial charge in [-0.3, -0.25) is 4.79 Å². The van der Waals surface area contributed by atoms with E-state index in [0.29, 0.717) is 23.1 Å². The summed E-state index contributed by atoms with van der Waals surface area (Å²) in [6.07, 6.45) is 0.620. The van der Waals surface area contributed by atoms with Gasteiger partial charge in [0, 0.05) is 17.4 Å². The van der Waals surface area contributed by atoms with Crippen molar-refractivity contribution in [1.29, 1.82) is 0 Å². The lowest BCUT2D eigenvalue weighted by Gasteiger charge is -2.16. The minimum Gasteiger partial charge on any atom is -0.327 e. The molecular weight excluding hydrogens is 390 g/mol. The van der Waals surface area contributed by atoms with Crippen LogP contribution in [0.4, 0.5) is 0 Å². The molecular formula is C22H22NO3S2. The topological polar surface area (TPSA) is 77.2 Å². The smallest absolute Gasteiger partial charge is 0.188 e. The summed E-state index contributed by atoms with van der Waals surface area (Å²) in [6, 6.07) is 18.8. The summed E-state index contributed by atoms with van der Waals surface area (Å²) >= 11 is 4.23. The molecule has 0 aliphatic rings. The zero-order valence-electron chi connectivity index (χ0n) is 15.3. The molecule has 0 aromatic heterocycles. The molecule has 145 valence electrons. The maximum atomic E-state index is 13.1.